The van der Waals surface area contributed by atoms with Crippen LogP contribution >= 0.6 is 0 Å². The number of halogens is 1. The summed E-state index contributed by atoms with van der Waals surface area (Å²) in [5.41, 5.74) is 0.531. The van der Waals surface area contributed by atoms with Gasteiger partial charge in [-0.15, -0.1) is 0 Å². The van der Waals surface area contributed by atoms with E-state index < -0.39 is 0 Å². The van der Waals surface area contributed by atoms with Crippen LogP contribution in [0.1, 0.15) is 31.2 Å². The Balaban J connectivity index is 1.52. The van der Waals surface area contributed by atoms with Crippen molar-refractivity contribution in [1.82, 2.24) is 0 Å². The van der Waals surface area contributed by atoms with Gasteiger partial charge in [0, 0.05) is 18.4 Å². The van der Waals surface area contributed by atoms with Crippen LogP contribution in [0.4, 0.5) is 4.39 Å². The van der Waals surface area contributed by atoms with Gasteiger partial charge in [0.05, 0.1) is 33.0 Å². The molecule has 0 aromatic heterocycles. The Hall–Kier alpha value is -1.17. The van der Waals surface area contributed by atoms with Crippen LogP contribution in [0.3, 0.4) is 0 Å². The number of methoxy groups -OCH3 is 1. The van der Waals surface area contributed by atoms with Crippen molar-refractivity contribution in [2.45, 2.75) is 44.2 Å². The molecule has 0 atom stereocenters. The van der Waals surface area contributed by atoms with Crippen molar-refractivity contribution in [2.24, 2.45) is 0 Å². The zero-order chi connectivity index (χ0) is 14.7. The third kappa shape index (κ3) is 3.20. The molecule has 1 aromatic rings. The number of benzene rings is 1. The van der Waals surface area contributed by atoms with Crippen molar-refractivity contribution in [3.63, 3.8) is 0 Å². The molecular weight excluding hydrogens is 275 g/mol. The Morgan fingerprint density at radius 3 is 2.62 bits per heavy atom. The van der Waals surface area contributed by atoms with Gasteiger partial charge in [-0.1, -0.05) is 12.1 Å². The van der Waals surface area contributed by atoms with Crippen LogP contribution in [-0.2, 0) is 20.8 Å². The van der Waals surface area contributed by atoms with Gasteiger partial charge in [-0.3, -0.25) is 0 Å². The third-order valence-corrected chi connectivity index (χ3v) is 4.25. The van der Waals surface area contributed by atoms with Gasteiger partial charge in [0.15, 0.2) is 17.4 Å². The summed E-state index contributed by atoms with van der Waals surface area (Å²) in [6.45, 7) is 1.63. The maximum absolute atomic E-state index is 14.0. The van der Waals surface area contributed by atoms with Crippen LogP contribution in [0.15, 0.2) is 18.2 Å². The molecule has 4 nitrogen and oxygen atoms in total. The first kappa shape index (κ1) is 14.8. The lowest BCUT2D eigenvalue weighted by molar-refractivity contribution is -0.192. The fraction of sp³-hybridized carbons (Fsp3) is 0.625. The summed E-state index contributed by atoms with van der Waals surface area (Å²) in [7, 11) is 1.46. The van der Waals surface area contributed by atoms with E-state index in [4.69, 9.17) is 18.9 Å². The minimum atomic E-state index is -0.374. The quantitative estimate of drug-likeness (QED) is 0.856. The summed E-state index contributed by atoms with van der Waals surface area (Å²) in [4.78, 5) is 0. The van der Waals surface area contributed by atoms with Crippen LogP contribution in [0.25, 0.3) is 0 Å². The van der Waals surface area contributed by atoms with Crippen LogP contribution in [0.5, 0.6) is 5.75 Å². The second kappa shape index (κ2) is 6.30. The summed E-state index contributed by atoms with van der Waals surface area (Å²) < 4.78 is 36.2. The Bertz CT molecular complexity index is 475. The molecule has 1 saturated heterocycles. The zero-order valence-electron chi connectivity index (χ0n) is 12.3. The molecule has 0 bridgehead atoms. The standard InChI is InChI=1S/C16H21FO4/c1-18-14-4-2-3-12(15(14)17)11-19-13-5-7-16(8-6-13)20-9-10-21-16/h2-4,13H,5-11H2,1H3. The summed E-state index contributed by atoms with van der Waals surface area (Å²) in [6.07, 6.45) is 3.59. The van der Waals surface area contributed by atoms with Crippen molar-refractivity contribution in [2.75, 3.05) is 20.3 Å². The van der Waals surface area contributed by atoms with Gasteiger partial charge in [0.25, 0.3) is 0 Å². The zero-order valence-corrected chi connectivity index (χ0v) is 12.3. The van der Waals surface area contributed by atoms with E-state index in [2.05, 4.69) is 0 Å². The summed E-state index contributed by atoms with van der Waals surface area (Å²) >= 11 is 0. The van der Waals surface area contributed by atoms with Crippen LogP contribution in [0.2, 0.25) is 0 Å². The molecule has 1 aliphatic heterocycles. The Morgan fingerprint density at radius 1 is 1.24 bits per heavy atom. The van der Waals surface area contributed by atoms with Gasteiger partial charge >= 0.3 is 0 Å². The maximum Gasteiger partial charge on any atom is 0.170 e. The summed E-state index contributed by atoms with van der Waals surface area (Å²) in [5.74, 6) is -0.456. The van der Waals surface area contributed by atoms with E-state index in [9.17, 15) is 4.39 Å². The third-order valence-electron chi connectivity index (χ3n) is 4.25. The summed E-state index contributed by atoms with van der Waals surface area (Å²) in [5, 5.41) is 0. The van der Waals surface area contributed by atoms with Gasteiger partial charge in [-0.05, 0) is 18.9 Å². The normalized spacial score (nSPS) is 21.8. The fourth-order valence-electron chi connectivity index (χ4n) is 3.02. The molecule has 0 unspecified atom stereocenters. The molecule has 1 aliphatic carbocycles. The molecule has 116 valence electrons. The van der Waals surface area contributed by atoms with Gasteiger partial charge in [0.2, 0.25) is 0 Å². The molecule has 2 fully saturated rings. The molecule has 1 aromatic carbocycles. The Kier molecular flexibility index (Phi) is 4.42. The molecule has 0 N–H and O–H groups in total. The second-order valence-corrected chi connectivity index (χ2v) is 5.55. The highest BCUT2D eigenvalue weighted by Crippen LogP contribution is 2.37. The molecule has 0 amide bonds. The van der Waals surface area contributed by atoms with E-state index in [1.165, 1.54) is 7.11 Å². The minimum absolute atomic E-state index is 0.133. The first-order chi connectivity index (χ1) is 10.2. The highest BCUT2D eigenvalue weighted by Gasteiger charge is 2.40. The van der Waals surface area contributed by atoms with E-state index in [0.717, 1.165) is 25.7 Å². The molecule has 5 heteroatoms. The predicted molar refractivity (Wildman–Crippen MR) is 74.6 cm³/mol. The molecule has 2 aliphatic rings. The molecule has 1 heterocycles. The number of rotatable bonds is 4. The SMILES string of the molecule is COc1cccc(COC2CCC3(CC2)OCCO3)c1F. The van der Waals surface area contributed by atoms with Crippen molar-refractivity contribution in [3.8, 4) is 5.75 Å². The average Bonchev–Trinajstić information content (AvgIpc) is 2.96. The van der Waals surface area contributed by atoms with Crippen molar-refractivity contribution >= 4 is 0 Å². The molecule has 1 spiro atoms. The highest BCUT2D eigenvalue weighted by atomic mass is 19.1. The monoisotopic (exact) mass is 296 g/mol. The van der Waals surface area contributed by atoms with E-state index in [-0.39, 0.29) is 30.1 Å². The lowest BCUT2D eigenvalue weighted by atomic mass is 9.92. The van der Waals surface area contributed by atoms with Crippen molar-refractivity contribution < 1.29 is 23.3 Å². The maximum atomic E-state index is 14.0. The fourth-order valence-corrected chi connectivity index (χ4v) is 3.02. The Morgan fingerprint density at radius 2 is 1.95 bits per heavy atom. The molecule has 0 radical (unpaired) electrons. The molecule has 21 heavy (non-hydrogen) atoms. The van der Waals surface area contributed by atoms with E-state index in [1.54, 1.807) is 18.2 Å². The molecular formula is C16H21FO4. The number of ether oxygens (including phenoxy) is 4. The Labute approximate surface area is 124 Å². The lowest BCUT2D eigenvalue weighted by Crippen LogP contribution is -2.37. The lowest BCUT2D eigenvalue weighted by Gasteiger charge is -2.35. The van der Waals surface area contributed by atoms with E-state index in [1.807, 2.05) is 0 Å². The number of hydrogen-bond donors (Lipinski definition) is 0. The van der Waals surface area contributed by atoms with E-state index in [0.29, 0.717) is 18.8 Å². The second-order valence-electron chi connectivity index (χ2n) is 5.55. The largest absolute Gasteiger partial charge is 0.494 e. The molecule has 1 saturated carbocycles. The predicted octanol–water partition coefficient (Wildman–Crippen LogP) is 3.04. The van der Waals surface area contributed by atoms with Crippen LogP contribution in [-0.4, -0.2) is 32.2 Å². The summed E-state index contributed by atoms with van der Waals surface area (Å²) in [6, 6.07) is 5.11. The topological polar surface area (TPSA) is 36.9 Å². The van der Waals surface area contributed by atoms with Gasteiger partial charge in [-0.25, -0.2) is 4.39 Å². The van der Waals surface area contributed by atoms with Crippen molar-refractivity contribution in [1.29, 1.82) is 0 Å². The van der Waals surface area contributed by atoms with Gasteiger partial charge in [0.1, 0.15) is 0 Å². The van der Waals surface area contributed by atoms with Crippen LogP contribution in [0, 0.1) is 5.82 Å². The molecule has 3 rings (SSSR count). The minimum Gasteiger partial charge on any atom is -0.494 e. The highest BCUT2D eigenvalue weighted by molar-refractivity contribution is 5.30. The average molecular weight is 296 g/mol. The van der Waals surface area contributed by atoms with Crippen molar-refractivity contribution in [3.05, 3.63) is 29.6 Å². The van der Waals surface area contributed by atoms with E-state index >= 15 is 0 Å². The number of hydrogen-bond acceptors (Lipinski definition) is 4. The van der Waals surface area contributed by atoms with Gasteiger partial charge < -0.3 is 18.9 Å². The van der Waals surface area contributed by atoms with Gasteiger partial charge in [-0.2, -0.15) is 0 Å². The first-order valence-electron chi connectivity index (χ1n) is 7.43. The smallest absolute Gasteiger partial charge is 0.170 e. The van der Waals surface area contributed by atoms with Crippen LogP contribution < -0.4 is 4.74 Å². The first-order valence-corrected chi connectivity index (χ1v) is 7.43.